The maximum Gasteiger partial charge on any atom is 0.319 e. The zero-order valence-corrected chi connectivity index (χ0v) is 18.3. The highest BCUT2D eigenvalue weighted by Gasteiger charge is 2.19. The molecule has 0 bridgehead atoms. The van der Waals surface area contributed by atoms with E-state index in [1.54, 1.807) is 0 Å². The minimum atomic E-state index is -0.167. The van der Waals surface area contributed by atoms with Crippen molar-refractivity contribution in [2.45, 2.75) is 58.3 Å². The zero-order valence-electron chi connectivity index (χ0n) is 18.3. The maximum atomic E-state index is 12.2. The fraction of sp³-hybridized carbons (Fsp3) is 0.500. The van der Waals surface area contributed by atoms with Gasteiger partial charge in [0.25, 0.3) is 0 Å². The van der Waals surface area contributed by atoms with E-state index in [2.05, 4.69) is 51.0 Å². The maximum absolute atomic E-state index is 12.2. The molecule has 1 atom stereocenters. The van der Waals surface area contributed by atoms with Crippen molar-refractivity contribution in [2.75, 3.05) is 25.0 Å². The smallest absolute Gasteiger partial charge is 0.319 e. The van der Waals surface area contributed by atoms with Gasteiger partial charge in [-0.25, -0.2) is 4.79 Å². The van der Waals surface area contributed by atoms with Gasteiger partial charge in [0.15, 0.2) is 0 Å². The first-order valence-electron chi connectivity index (χ1n) is 11.3. The van der Waals surface area contributed by atoms with E-state index in [9.17, 15) is 4.79 Å². The molecule has 0 aliphatic carbocycles. The van der Waals surface area contributed by atoms with Crippen molar-refractivity contribution in [2.24, 2.45) is 0 Å². The van der Waals surface area contributed by atoms with E-state index in [0.717, 1.165) is 54.6 Å². The first kappa shape index (κ1) is 21.9. The summed E-state index contributed by atoms with van der Waals surface area (Å²) in [6.45, 7) is 7.12. The van der Waals surface area contributed by atoms with E-state index in [4.69, 9.17) is 0 Å². The lowest BCUT2D eigenvalue weighted by atomic mass is 9.95. The molecular formula is C24H35N5O. The average Bonchev–Trinajstić information content (AvgIpc) is 3.17. The molecule has 1 aliphatic rings. The van der Waals surface area contributed by atoms with Gasteiger partial charge in [-0.2, -0.15) is 5.10 Å². The molecular weight excluding hydrogens is 374 g/mol. The van der Waals surface area contributed by atoms with Crippen LogP contribution in [0.3, 0.4) is 0 Å². The standard InChI is InChI=1S/C24H35N5O/c1-3-5-7-8-14-25-24(30)26-20-10-11-22-21(18-20)23(28-27-22)19-12-16-29(17-13-19)15-9-6-4-2/h3,5,10-12,16,18-19H,4,6-9,13-15,17H2,1-2H3,(H,27,28)(H2,25,26,30). The Morgan fingerprint density at radius 1 is 1.33 bits per heavy atom. The Hall–Kier alpha value is -2.76. The molecule has 1 aliphatic heterocycles. The Labute approximate surface area is 179 Å². The van der Waals surface area contributed by atoms with E-state index in [1.165, 1.54) is 19.3 Å². The van der Waals surface area contributed by atoms with Gasteiger partial charge < -0.3 is 15.5 Å². The van der Waals surface area contributed by atoms with Gasteiger partial charge in [-0.05, 0) is 57.0 Å². The van der Waals surface area contributed by atoms with Crippen LogP contribution < -0.4 is 10.6 Å². The zero-order chi connectivity index (χ0) is 21.2. The predicted octanol–water partition coefficient (Wildman–Crippen LogP) is 5.53. The molecule has 3 rings (SSSR count). The fourth-order valence-corrected chi connectivity index (χ4v) is 3.85. The van der Waals surface area contributed by atoms with Crippen molar-refractivity contribution in [3.63, 3.8) is 0 Å². The number of allylic oxidation sites excluding steroid dienone is 3. The molecule has 2 amide bonds. The Morgan fingerprint density at radius 2 is 2.23 bits per heavy atom. The molecule has 1 aromatic heterocycles. The van der Waals surface area contributed by atoms with Gasteiger partial charge in [-0.3, -0.25) is 5.10 Å². The first-order valence-corrected chi connectivity index (χ1v) is 11.3. The lowest BCUT2D eigenvalue weighted by Crippen LogP contribution is -2.29. The number of H-pyrrole nitrogens is 1. The van der Waals surface area contributed by atoms with Crippen LogP contribution in [0.1, 0.15) is 64.0 Å². The summed E-state index contributed by atoms with van der Waals surface area (Å²) in [4.78, 5) is 14.6. The van der Waals surface area contributed by atoms with Gasteiger partial charge in [-0.15, -0.1) is 0 Å². The Kier molecular flexibility index (Phi) is 8.36. The number of nitrogens with zero attached hydrogens (tertiary/aromatic N) is 2. The van der Waals surface area contributed by atoms with Crippen molar-refractivity contribution >= 4 is 22.6 Å². The normalized spacial score (nSPS) is 16.5. The lowest BCUT2D eigenvalue weighted by Gasteiger charge is -2.27. The minimum Gasteiger partial charge on any atom is -0.378 e. The van der Waals surface area contributed by atoms with E-state index in [0.29, 0.717) is 12.5 Å². The summed E-state index contributed by atoms with van der Waals surface area (Å²) in [6.07, 6.45) is 15.4. The third-order valence-corrected chi connectivity index (χ3v) is 5.59. The number of carbonyl (C=O) groups is 1. The molecule has 2 aromatic rings. The number of carbonyl (C=O) groups excluding carboxylic acids is 1. The number of aromatic amines is 1. The van der Waals surface area contributed by atoms with Gasteiger partial charge in [0.05, 0.1) is 11.2 Å². The van der Waals surface area contributed by atoms with Crippen molar-refractivity contribution in [3.8, 4) is 0 Å². The third kappa shape index (κ3) is 6.12. The molecule has 30 heavy (non-hydrogen) atoms. The Morgan fingerprint density at radius 3 is 3.00 bits per heavy atom. The van der Waals surface area contributed by atoms with E-state index >= 15 is 0 Å². The largest absolute Gasteiger partial charge is 0.378 e. The van der Waals surface area contributed by atoms with Crippen LogP contribution in [0.2, 0.25) is 0 Å². The van der Waals surface area contributed by atoms with Gasteiger partial charge >= 0.3 is 6.03 Å². The molecule has 3 N–H and O–H groups in total. The number of fused-ring (bicyclic) bond motifs is 1. The predicted molar refractivity (Wildman–Crippen MR) is 125 cm³/mol. The van der Waals surface area contributed by atoms with Crippen molar-refractivity contribution < 1.29 is 4.79 Å². The molecule has 2 heterocycles. The molecule has 1 aromatic carbocycles. The van der Waals surface area contributed by atoms with Crippen LogP contribution in [0.25, 0.3) is 10.9 Å². The minimum absolute atomic E-state index is 0.167. The second kappa shape index (κ2) is 11.4. The van der Waals surface area contributed by atoms with Crippen LogP contribution in [-0.2, 0) is 0 Å². The summed E-state index contributed by atoms with van der Waals surface area (Å²) >= 11 is 0. The molecule has 0 spiro atoms. The summed E-state index contributed by atoms with van der Waals surface area (Å²) in [7, 11) is 0. The third-order valence-electron chi connectivity index (χ3n) is 5.59. The Bertz CT molecular complexity index is 870. The number of benzene rings is 1. The van der Waals surface area contributed by atoms with Crippen molar-refractivity contribution in [3.05, 3.63) is 48.3 Å². The highest BCUT2D eigenvalue weighted by Crippen LogP contribution is 2.31. The molecule has 6 heteroatoms. The summed E-state index contributed by atoms with van der Waals surface area (Å²) in [5.41, 5.74) is 2.85. The van der Waals surface area contributed by atoms with Crippen LogP contribution in [0, 0.1) is 0 Å². The van der Waals surface area contributed by atoms with Crippen LogP contribution >= 0.6 is 0 Å². The highest BCUT2D eigenvalue weighted by atomic mass is 16.2. The van der Waals surface area contributed by atoms with Crippen molar-refractivity contribution in [1.82, 2.24) is 20.4 Å². The first-order chi connectivity index (χ1) is 14.7. The molecule has 1 unspecified atom stereocenters. The number of anilines is 1. The molecule has 0 fully saturated rings. The summed E-state index contributed by atoms with van der Waals surface area (Å²) in [5.74, 6) is 0.327. The summed E-state index contributed by atoms with van der Waals surface area (Å²) in [5, 5.41) is 14.6. The van der Waals surface area contributed by atoms with E-state index in [1.807, 2.05) is 31.2 Å². The van der Waals surface area contributed by atoms with Crippen LogP contribution in [-0.4, -0.2) is 40.8 Å². The van der Waals surface area contributed by atoms with Gasteiger partial charge in [0.2, 0.25) is 0 Å². The van der Waals surface area contributed by atoms with Gasteiger partial charge in [0, 0.05) is 36.6 Å². The molecule has 0 radical (unpaired) electrons. The lowest BCUT2D eigenvalue weighted by molar-refractivity contribution is 0.252. The Balaban J connectivity index is 1.60. The number of unbranched alkanes of at least 4 members (excludes halogenated alkanes) is 3. The number of urea groups is 1. The van der Waals surface area contributed by atoms with E-state index in [-0.39, 0.29) is 6.03 Å². The number of hydrogen-bond acceptors (Lipinski definition) is 3. The van der Waals surface area contributed by atoms with Gasteiger partial charge in [-0.1, -0.05) is 38.0 Å². The highest BCUT2D eigenvalue weighted by molar-refractivity contribution is 5.93. The van der Waals surface area contributed by atoms with Crippen LogP contribution in [0.5, 0.6) is 0 Å². The SMILES string of the molecule is CC=CCCCNC(=O)Nc1ccc2n[nH]c(C3C=CN(CCCCC)CC3)c2c1. The van der Waals surface area contributed by atoms with Crippen LogP contribution in [0.15, 0.2) is 42.6 Å². The molecule has 0 saturated heterocycles. The number of hydrogen-bond donors (Lipinski definition) is 3. The molecule has 0 saturated carbocycles. The number of amides is 2. The van der Waals surface area contributed by atoms with Gasteiger partial charge in [0.1, 0.15) is 0 Å². The average molecular weight is 410 g/mol. The van der Waals surface area contributed by atoms with Crippen molar-refractivity contribution in [1.29, 1.82) is 0 Å². The fourth-order valence-electron chi connectivity index (χ4n) is 3.85. The van der Waals surface area contributed by atoms with Crippen LogP contribution in [0.4, 0.5) is 10.5 Å². The summed E-state index contributed by atoms with van der Waals surface area (Å²) < 4.78 is 0. The second-order valence-electron chi connectivity index (χ2n) is 7.94. The number of rotatable bonds is 10. The quantitative estimate of drug-likeness (QED) is 0.357. The topological polar surface area (TPSA) is 73.0 Å². The monoisotopic (exact) mass is 409 g/mol. The second-order valence-corrected chi connectivity index (χ2v) is 7.94. The van der Waals surface area contributed by atoms with E-state index < -0.39 is 0 Å². The number of aromatic nitrogens is 2. The summed E-state index contributed by atoms with van der Waals surface area (Å²) in [6, 6.07) is 5.72. The molecule has 162 valence electrons. The number of nitrogens with one attached hydrogen (secondary N) is 3. The molecule has 6 nitrogen and oxygen atoms in total.